The monoisotopic (exact) mass is 256 g/mol. The van der Waals surface area contributed by atoms with Crippen molar-refractivity contribution in [2.75, 3.05) is 11.9 Å². The standard InChI is InChI=1S/C16H20N2O/c1-13(2)14-7-3-4-8-15(14)17-10-12-18-11-6-5-9-16(18)19/h3-9,11,13,17H,10,12H2,1-2H3. The molecular formula is C16H20N2O. The van der Waals surface area contributed by atoms with Crippen molar-refractivity contribution in [1.29, 1.82) is 0 Å². The number of benzene rings is 1. The minimum Gasteiger partial charge on any atom is -0.383 e. The van der Waals surface area contributed by atoms with Crippen molar-refractivity contribution in [2.45, 2.75) is 26.3 Å². The highest BCUT2D eigenvalue weighted by Crippen LogP contribution is 2.23. The molecule has 0 spiro atoms. The van der Waals surface area contributed by atoms with Gasteiger partial charge in [0, 0.05) is 31.0 Å². The summed E-state index contributed by atoms with van der Waals surface area (Å²) < 4.78 is 1.71. The van der Waals surface area contributed by atoms with Gasteiger partial charge in [-0.3, -0.25) is 4.79 Å². The molecule has 2 aromatic rings. The average molecular weight is 256 g/mol. The van der Waals surface area contributed by atoms with E-state index in [0.29, 0.717) is 12.5 Å². The summed E-state index contributed by atoms with van der Waals surface area (Å²) >= 11 is 0. The molecule has 3 nitrogen and oxygen atoms in total. The summed E-state index contributed by atoms with van der Waals surface area (Å²) in [4.78, 5) is 11.6. The molecule has 0 saturated carbocycles. The van der Waals surface area contributed by atoms with Crippen LogP contribution in [-0.4, -0.2) is 11.1 Å². The Balaban J connectivity index is 2.00. The lowest BCUT2D eigenvalue weighted by atomic mass is 10.0. The summed E-state index contributed by atoms with van der Waals surface area (Å²) in [5.74, 6) is 0.489. The molecule has 2 rings (SSSR count). The number of nitrogens with zero attached hydrogens (tertiary/aromatic N) is 1. The molecule has 1 aromatic heterocycles. The van der Waals surface area contributed by atoms with Crippen molar-refractivity contribution in [3.63, 3.8) is 0 Å². The number of hydrogen-bond donors (Lipinski definition) is 1. The van der Waals surface area contributed by atoms with E-state index in [2.05, 4.69) is 37.4 Å². The van der Waals surface area contributed by atoms with Crippen LogP contribution in [0.1, 0.15) is 25.3 Å². The van der Waals surface area contributed by atoms with Crippen LogP contribution in [0, 0.1) is 0 Å². The number of pyridine rings is 1. The lowest BCUT2D eigenvalue weighted by molar-refractivity contribution is 0.696. The van der Waals surface area contributed by atoms with E-state index < -0.39 is 0 Å². The van der Waals surface area contributed by atoms with E-state index in [1.807, 2.05) is 18.3 Å². The van der Waals surface area contributed by atoms with Gasteiger partial charge in [-0.25, -0.2) is 0 Å². The van der Waals surface area contributed by atoms with Crippen molar-refractivity contribution in [3.8, 4) is 0 Å². The Morgan fingerprint density at radius 3 is 2.58 bits per heavy atom. The van der Waals surface area contributed by atoms with E-state index in [0.717, 1.165) is 12.2 Å². The molecule has 0 atom stereocenters. The topological polar surface area (TPSA) is 34.0 Å². The van der Waals surface area contributed by atoms with Crippen molar-refractivity contribution in [2.24, 2.45) is 0 Å². The van der Waals surface area contributed by atoms with Crippen LogP contribution >= 0.6 is 0 Å². The normalized spacial score (nSPS) is 10.7. The molecule has 0 radical (unpaired) electrons. The molecule has 1 heterocycles. The fourth-order valence-corrected chi connectivity index (χ4v) is 2.12. The first-order chi connectivity index (χ1) is 9.18. The maximum atomic E-state index is 11.6. The number of nitrogens with one attached hydrogen (secondary N) is 1. The van der Waals surface area contributed by atoms with Gasteiger partial charge < -0.3 is 9.88 Å². The van der Waals surface area contributed by atoms with Gasteiger partial charge in [0.15, 0.2) is 0 Å². The highest BCUT2D eigenvalue weighted by molar-refractivity contribution is 5.52. The molecular weight excluding hydrogens is 236 g/mol. The maximum absolute atomic E-state index is 11.6. The minimum atomic E-state index is 0.0430. The molecule has 0 fully saturated rings. The third-order valence-electron chi connectivity index (χ3n) is 3.15. The van der Waals surface area contributed by atoms with Crippen LogP contribution < -0.4 is 10.9 Å². The molecule has 1 aromatic carbocycles. The molecule has 0 amide bonds. The largest absolute Gasteiger partial charge is 0.383 e. The summed E-state index contributed by atoms with van der Waals surface area (Å²) in [5, 5.41) is 3.41. The van der Waals surface area contributed by atoms with Gasteiger partial charge in [0.1, 0.15) is 0 Å². The Morgan fingerprint density at radius 2 is 1.84 bits per heavy atom. The molecule has 19 heavy (non-hydrogen) atoms. The molecule has 0 aliphatic rings. The van der Waals surface area contributed by atoms with Gasteiger partial charge in [-0.15, -0.1) is 0 Å². The summed E-state index contributed by atoms with van der Waals surface area (Å²) in [5.41, 5.74) is 2.51. The summed E-state index contributed by atoms with van der Waals surface area (Å²) in [6.07, 6.45) is 1.82. The van der Waals surface area contributed by atoms with Gasteiger partial charge in [-0.2, -0.15) is 0 Å². The third-order valence-corrected chi connectivity index (χ3v) is 3.15. The van der Waals surface area contributed by atoms with Gasteiger partial charge in [0.25, 0.3) is 5.56 Å². The van der Waals surface area contributed by atoms with Crippen molar-refractivity contribution in [3.05, 3.63) is 64.6 Å². The van der Waals surface area contributed by atoms with Crippen LogP contribution in [0.25, 0.3) is 0 Å². The highest BCUT2D eigenvalue weighted by atomic mass is 16.1. The zero-order valence-corrected chi connectivity index (χ0v) is 11.5. The second kappa shape index (κ2) is 6.23. The second-order valence-corrected chi connectivity index (χ2v) is 4.90. The Hall–Kier alpha value is -2.03. The first-order valence-electron chi connectivity index (χ1n) is 6.67. The quantitative estimate of drug-likeness (QED) is 0.892. The molecule has 0 aliphatic heterocycles. The number of rotatable bonds is 5. The number of aromatic nitrogens is 1. The van der Waals surface area contributed by atoms with E-state index in [1.54, 1.807) is 16.7 Å². The van der Waals surface area contributed by atoms with Gasteiger partial charge in [0.05, 0.1) is 0 Å². The Morgan fingerprint density at radius 1 is 1.11 bits per heavy atom. The van der Waals surface area contributed by atoms with Crippen LogP contribution in [0.3, 0.4) is 0 Å². The van der Waals surface area contributed by atoms with Crippen LogP contribution in [0.15, 0.2) is 53.5 Å². The van der Waals surface area contributed by atoms with Crippen LogP contribution in [-0.2, 0) is 6.54 Å². The van der Waals surface area contributed by atoms with Crippen LogP contribution in [0.4, 0.5) is 5.69 Å². The van der Waals surface area contributed by atoms with E-state index in [1.165, 1.54) is 5.56 Å². The first kappa shape index (κ1) is 13.4. The summed E-state index contributed by atoms with van der Waals surface area (Å²) in [6.45, 7) is 5.78. The summed E-state index contributed by atoms with van der Waals surface area (Å²) in [7, 11) is 0. The molecule has 3 heteroatoms. The maximum Gasteiger partial charge on any atom is 0.250 e. The average Bonchev–Trinajstić information content (AvgIpc) is 2.41. The zero-order chi connectivity index (χ0) is 13.7. The Labute approximate surface area is 113 Å². The third kappa shape index (κ3) is 3.47. The number of para-hydroxylation sites is 1. The number of anilines is 1. The highest BCUT2D eigenvalue weighted by Gasteiger charge is 2.04. The van der Waals surface area contributed by atoms with Gasteiger partial charge in [0.2, 0.25) is 0 Å². The SMILES string of the molecule is CC(C)c1ccccc1NCCn1ccccc1=O. The molecule has 0 saturated heterocycles. The van der Waals surface area contributed by atoms with Crippen molar-refractivity contribution in [1.82, 2.24) is 4.57 Å². The van der Waals surface area contributed by atoms with Crippen molar-refractivity contribution >= 4 is 5.69 Å². The fraction of sp³-hybridized carbons (Fsp3) is 0.312. The Kier molecular flexibility index (Phi) is 4.39. The van der Waals surface area contributed by atoms with E-state index in [9.17, 15) is 4.79 Å². The van der Waals surface area contributed by atoms with E-state index >= 15 is 0 Å². The predicted molar refractivity (Wildman–Crippen MR) is 79.7 cm³/mol. The summed E-state index contributed by atoms with van der Waals surface area (Å²) in [6, 6.07) is 13.5. The minimum absolute atomic E-state index is 0.0430. The van der Waals surface area contributed by atoms with Gasteiger partial charge in [-0.05, 0) is 23.6 Å². The van der Waals surface area contributed by atoms with Crippen molar-refractivity contribution < 1.29 is 0 Å². The van der Waals surface area contributed by atoms with E-state index in [4.69, 9.17) is 0 Å². The van der Waals surface area contributed by atoms with E-state index in [-0.39, 0.29) is 5.56 Å². The molecule has 100 valence electrons. The smallest absolute Gasteiger partial charge is 0.250 e. The second-order valence-electron chi connectivity index (χ2n) is 4.90. The first-order valence-corrected chi connectivity index (χ1v) is 6.67. The molecule has 0 unspecified atom stereocenters. The van der Waals surface area contributed by atoms with Crippen LogP contribution in [0.2, 0.25) is 0 Å². The Bertz CT molecular complexity index is 587. The predicted octanol–water partition coefficient (Wildman–Crippen LogP) is 3.08. The molecule has 1 N–H and O–H groups in total. The zero-order valence-electron chi connectivity index (χ0n) is 11.5. The van der Waals surface area contributed by atoms with Crippen LogP contribution in [0.5, 0.6) is 0 Å². The van der Waals surface area contributed by atoms with Gasteiger partial charge >= 0.3 is 0 Å². The fourth-order valence-electron chi connectivity index (χ4n) is 2.12. The molecule has 0 aliphatic carbocycles. The lowest BCUT2D eigenvalue weighted by Crippen LogP contribution is -2.22. The molecule has 0 bridgehead atoms. The lowest BCUT2D eigenvalue weighted by Gasteiger charge is -2.14. The van der Waals surface area contributed by atoms with Gasteiger partial charge in [-0.1, -0.05) is 38.1 Å². The number of hydrogen-bond acceptors (Lipinski definition) is 2.